The molecule has 3 aromatic rings. The molecule has 7 nitrogen and oxygen atoms in total. The predicted molar refractivity (Wildman–Crippen MR) is 99.3 cm³/mol. The summed E-state index contributed by atoms with van der Waals surface area (Å²) in [4.78, 5) is 31.0. The number of rotatable bonds is 3. The zero-order valence-electron chi connectivity index (χ0n) is 13.8. The van der Waals surface area contributed by atoms with Crippen molar-refractivity contribution in [3.63, 3.8) is 0 Å². The standard InChI is InChI=1S/C17H18N6OS/c1-11-8-13-16(20-10-21-17(13)25-11)23-6-4-22(5-7-23)12-2-3-19-14(9-12)15(18)24/h2-3,8-10H,4-7H2,1H3,(H2,18,24). The molecule has 128 valence electrons. The summed E-state index contributed by atoms with van der Waals surface area (Å²) < 4.78 is 0. The number of hydrogen-bond donors (Lipinski definition) is 1. The summed E-state index contributed by atoms with van der Waals surface area (Å²) in [6.07, 6.45) is 3.27. The summed E-state index contributed by atoms with van der Waals surface area (Å²) in [6, 6.07) is 5.82. The molecule has 4 heterocycles. The van der Waals surface area contributed by atoms with Crippen LogP contribution >= 0.6 is 11.3 Å². The molecule has 3 aromatic heterocycles. The first-order valence-electron chi connectivity index (χ1n) is 8.09. The van der Waals surface area contributed by atoms with Gasteiger partial charge in [-0.2, -0.15) is 0 Å². The monoisotopic (exact) mass is 354 g/mol. The van der Waals surface area contributed by atoms with Crippen LogP contribution < -0.4 is 15.5 Å². The van der Waals surface area contributed by atoms with Crippen LogP contribution in [-0.4, -0.2) is 47.0 Å². The molecule has 1 amide bonds. The van der Waals surface area contributed by atoms with Gasteiger partial charge in [0.2, 0.25) is 0 Å². The fourth-order valence-electron chi connectivity index (χ4n) is 3.14. The first-order chi connectivity index (χ1) is 12.1. The zero-order valence-corrected chi connectivity index (χ0v) is 14.7. The number of piperazine rings is 1. The van der Waals surface area contributed by atoms with Gasteiger partial charge in [0.15, 0.2) is 0 Å². The highest BCUT2D eigenvalue weighted by atomic mass is 32.1. The average molecular weight is 354 g/mol. The molecule has 4 rings (SSSR count). The van der Waals surface area contributed by atoms with Crippen LogP contribution in [0.25, 0.3) is 10.2 Å². The van der Waals surface area contributed by atoms with E-state index < -0.39 is 5.91 Å². The molecule has 0 aromatic carbocycles. The van der Waals surface area contributed by atoms with Crippen molar-refractivity contribution in [2.75, 3.05) is 36.0 Å². The largest absolute Gasteiger partial charge is 0.368 e. The summed E-state index contributed by atoms with van der Waals surface area (Å²) in [5, 5.41) is 1.12. The molecule has 0 radical (unpaired) electrons. The lowest BCUT2D eigenvalue weighted by atomic mass is 10.2. The van der Waals surface area contributed by atoms with Gasteiger partial charge < -0.3 is 15.5 Å². The molecule has 0 saturated carbocycles. The molecule has 0 bridgehead atoms. The maximum Gasteiger partial charge on any atom is 0.267 e. The quantitative estimate of drug-likeness (QED) is 0.772. The maximum atomic E-state index is 11.3. The Balaban J connectivity index is 1.53. The first kappa shape index (κ1) is 15.8. The molecule has 8 heteroatoms. The fraction of sp³-hybridized carbons (Fsp3) is 0.294. The fourth-order valence-corrected chi connectivity index (χ4v) is 3.98. The molecule has 1 fully saturated rings. The highest BCUT2D eigenvalue weighted by molar-refractivity contribution is 7.18. The normalized spacial score (nSPS) is 14.9. The average Bonchev–Trinajstić information content (AvgIpc) is 3.02. The second kappa shape index (κ2) is 6.29. The van der Waals surface area contributed by atoms with Crippen LogP contribution in [0.5, 0.6) is 0 Å². The summed E-state index contributed by atoms with van der Waals surface area (Å²) in [5.41, 5.74) is 6.60. The molecule has 25 heavy (non-hydrogen) atoms. The minimum Gasteiger partial charge on any atom is -0.368 e. The summed E-state index contributed by atoms with van der Waals surface area (Å²) in [5.74, 6) is 0.498. The van der Waals surface area contributed by atoms with Crippen molar-refractivity contribution < 1.29 is 4.79 Å². The highest BCUT2D eigenvalue weighted by Crippen LogP contribution is 2.30. The van der Waals surface area contributed by atoms with Gasteiger partial charge in [0.05, 0.1) is 5.39 Å². The number of pyridine rings is 1. The van der Waals surface area contributed by atoms with Crippen LogP contribution in [0.4, 0.5) is 11.5 Å². The molecular weight excluding hydrogens is 336 g/mol. The van der Waals surface area contributed by atoms with Crippen LogP contribution in [0.1, 0.15) is 15.4 Å². The topological polar surface area (TPSA) is 88.2 Å². The molecule has 2 N–H and O–H groups in total. The molecule has 0 atom stereocenters. The lowest BCUT2D eigenvalue weighted by molar-refractivity contribution is 0.0995. The smallest absolute Gasteiger partial charge is 0.267 e. The molecule has 1 aliphatic heterocycles. The number of anilines is 2. The van der Waals surface area contributed by atoms with Crippen molar-refractivity contribution in [1.82, 2.24) is 15.0 Å². The van der Waals surface area contributed by atoms with Gasteiger partial charge in [0.1, 0.15) is 22.7 Å². The Morgan fingerprint density at radius 3 is 2.64 bits per heavy atom. The van der Waals surface area contributed by atoms with Crippen LogP contribution in [0.3, 0.4) is 0 Å². The predicted octanol–water partition coefficient (Wildman–Crippen LogP) is 1.82. The van der Waals surface area contributed by atoms with Gasteiger partial charge >= 0.3 is 0 Å². The minimum absolute atomic E-state index is 0.297. The van der Waals surface area contributed by atoms with Crippen LogP contribution in [-0.2, 0) is 0 Å². The molecule has 1 saturated heterocycles. The number of carbonyl (C=O) groups is 1. The number of nitrogens with zero attached hydrogens (tertiary/aromatic N) is 5. The Labute approximate surface area is 149 Å². The molecular formula is C17H18N6OS. The Kier molecular flexibility index (Phi) is 3.96. The Bertz CT molecular complexity index is 932. The van der Waals surface area contributed by atoms with Crippen LogP contribution in [0.2, 0.25) is 0 Å². The van der Waals surface area contributed by atoms with Gasteiger partial charge in [-0.1, -0.05) is 0 Å². The van der Waals surface area contributed by atoms with E-state index in [1.807, 2.05) is 6.07 Å². The molecule has 0 aliphatic carbocycles. The van der Waals surface area contributed by atoms with E-state index in [2.05, 4.69) is 37.7 Å². The second-order valence-electron chi connectivity index (χ2n) is 6.01. The summed E-state index contributed by atoms with van der Waals surface area (Å²) >= 11 is 1.69. The van der Waals surface area contributed by atoms with Crippen molar-refractivity contribution in [3.8, 4) is 0 Å². The van der Waals surface area contributed by atoms with Gasteiger partial charge in [-0.05, 0) is 25.1 Å². The summed E-state index contributed by atoms with van der Waals surface area (Å²) in [7, 11) is 0. The Morgan fingerprint density at radius 1 is 1.12 bits per heavy atom. The minimum atomic E-state index is -0.503. The number of hydrogen-bond acceptors (Lipinski definition) is 7. The molecule has 0 unspecified atom stereocenters. The highest BCUT2D eigenvalue weighted by Gasteiger charge is 2.21. The van der Waals surface area contributed by atoms with Gasteiger partial charge in [0.25, 0.3) is 5.91 Å². The van der Waals surface area contributed by atoms with E-state index in [1.165, 1.54) is 4.88 Å². The van der Waals surface area contributed by atoms with E-state index in [4.69, 9.17) is 5.73 Å². The van der Waals surface area contributed by atoms with Crippen molar-refractivity contribution in [2.24, 2.45) is 5.73 Å². The van der Waals surface area contributed by atoms with E-state index in [1.54, 1.807) is 29.9 Å². The van der Waals surface area contributed by atoms with Crippen molar-refractivity contribution >= 4 is 39.0 Å². The number of aryl methyl sites for hydroxylation is 1. The molecule has 0 spiro atoms. The lowest BCUT2D eigenvalue weighted by Crippen LogP contribution is -2.47. The lowest BCUT2D eigenvalue weighted by Gasteiger charge is -2.36. The van der Waals surface area contributed by atoms with Gasteiger partial charge in [0, 0.05) is 42.9 Å². The van der Waals surface area contributed by atoms with Crippen LogP contribution in [0, 0.1) is 6.92 Å². The number of primary amides is 1. The number of nitrogens with two attached hydrogens (primary N) is 1. The maximum absolute atomic E-state index is 11.3. The van der Waals surface area contributed by atoms with E-state index >= 15 is 0 Å². The van der Waals surface area contributed by atoms with Crippen molar-refractivity contribution in [1.29, 1.82) is 0 Å². The van der Waals surface area contributed by atoms with E-state index in [0.29, 0.717) is 5.69 Å². The van der Waals surface area contributed by atoms with E-state index in [0.717, 1.165) is 47.9 Å². The number of thiophene rings is 1. The third-order valence-electron chi connectivity index (χ3n) is 4.37. The third kappa shape index (κ3) is 3.00. The number of amides is 1. The Morgan fingerprint density at radius 2 is 1.88 bits per heavy atom. The van der Waals surface area contributed by atoms with Gasteiger partial charge in [-0.25, -0.2) is 9.97 Å². The van der Waals surface area contributed by atoms with E-state index in [-0.39, 0.29) is 0 Å². The number of aromatic nitrogens is 3. The van der Waals surface area contributed by atoms with Crippen LogP contribution in [0.15, 0.2) is 30.7 Å². The molecule has 1 aliphatic rings. The SMILES string of the molecule is Cc1cc2c(N3CCN(c4ccnc(C(N)=O)c4)CC3)ncnc2s1. The Hall–Kier alpha value is -2.74. The number of carbonyl (C=O) groups excluding carboxylic acids is 1. The van der Waals surface area contributed by atoms with Gasteiger partial charge in [-0.15, -0.1) is 11.3 Å². The van der Waals surface area contributed by atoms with Gasteiger partial charge in [-0.3, -0.25) is 9.78 Å². The summed E-state index contributed by atoms with van der Waals surface area (Å²) in [6.45, 7) is 5.49. The van der Waals surface area contributed by atoms with Crippen molar-refractivity contribution in [3.05, 3.63) is 41.3 Å². The zero-order chi connectivity index (χ0) is 17.4. The second-order valence-corrected chi connectivity index (χ2v) is 7.25. The third-order valence-corrected chi connectivity index (χ3v) is 5.33. The first-order valence-corrected chi connectivity index (χ1v) is 8.90. The van der Waals surface area contributed by atoms with Crippen molar-refractivity contribution in [2.45, 2.75) is 6.92 Å². The number of fused-ring (bicyclic) bond motifs is 1. The van der Waals surface area contributed by atoms with E-state index in [9.17, 15) is 4.79 Å².